The van der Waals surface area contributed by atoms with Gasteiger partial charge >= 0.3 is 0 Å². The molecule has 1 N–H and O–H groups in total. The second kappa shape index (κ2) is 7.57. The van der Waals surface area contributed by atoms with Gasteiger partial charge in [0.25, 0.3) is 11.8 Å². The molecule has 7 heteroatoms. The van der Waals surface area contributed by atoms with Gasteiger partial charge in [0.1, 0.15) is 6.04 Å². The fourth-order valence-corrected chi connectivity index (χ4v) is 2.51. The summed E-state index contributed by atoms with van der Waals surface area (Å²) in [6, 6.07) is 13.8. The van der Waals surface area contributed by atoms with Crippen molar-refractivity contribution < 1.29 is 19.1 Å². The summed E-state index contributed by atoms with van der Waals surface area (Å²) in [6.45, 7) is 0.0900. The third kappa shape index (κ3) is 3.82. The lowest BCUT2D eigenvalue weighted by atomic mass is 9.99. The quantitative estimate of drug-likeness (QED) is 0.876. The van der Waals surface area contributed by atoms with E-state index in [0.29, 0.717) is 17.1 Å². The lowest BCUT2D eigenvalue weighted by Crippen LogP contribution is -2.33. The van der Waals surface area contributed by atoms with Crippen LogP contribution in [0, 0.1) is 0 Å². The summed E-state index contributed by atoms with van der Waals surface area (Å²) in [6.07, 6.45) is 0. The standard InChI is InChI=1S/C18H17N3O4/c1-24-15-8-4-5-9-16(15)25-11-17(22)19-10-14-12-6-2-3-7-13(12)18(23)21-20-14/h2-9,14H,10-11H2,1H3,(H,19,22). The van der Waals surface area contributed by atoms with E-state index in [0.717, 1.165) is 5.56 Å². The van der Waals surface area contributed by atoms with Crippen molar-refractivity contribution >= 4 is 11.8 Å². The number of nitrogens with zero attached hydrogens (tertiary/aromatic N) is 2. The van der Waals surface area contributed by atoms with E-state index in [2.05, 4.69) is 15.5 Å². The molecule has 2 aromatic carbocycles. The van der Waals surface area contributed by atoms with E-state index in [4.69, 9.17) is 9.47 Å². The summed E-state index contributed by atoms with van der Waals surface area (Å²) in [5.74, 6) is 0.394. The number of ether oxygens (including phenoxy) is 2. The molecular formula is C18H17N3O4. The molecule has 128 valence electrons. The van der Waals surface area contributed by atoms with Gasteiger partial charge in [-0.05, 0) is 23.8 Å². The third-order valence-corrected chi connectivity index (χ3v) is 3.76. The number of hydrogen-bond acceptors (Lipinski definition) is 5. The van der Waals surface area contributed by atoms with Crippen LogP contribution in [0.15, 0.2) is 58.8 Å². The number of nitrogens with one attached hydrogen (secondary N) is 1. The predicted molar refractivity (Wildman–Crippen MR) is 89.9 cm³/mol. The number of hydrogen-bond donors (Lipinski definition) is 1. The fourth-order valence-electron chi connectivity index (χ4n) is 2.51. The van der Waals surface area contributed by atoms with Crippen LogP contribution in [0.2, 0.25) is 0 Å². The molecule has 2 amide bonds. The highest BCUT2D eigenvalue weighted by Crippen LogP contribution is 2.27. The minimum Gasteiger partial charge on any atom is -0.493 e. The predicted octanol–water partition coefficient (Wildman–Crippen LogP) is 2.54. The van der Waals surface area contributed by atoms with Gasteiger partial charge in [0.15, 0.2) is 18.1 Å². The maximum atomic E-state index is 12.0. The normalized spacial score (nSPS) is 15.4. The first-order valence-corrected chi connectivity index (χ1v) is 7.75. The van der Waals surface area contributed by atoms with Gasteiger partial charge in [0.2, 0.25) is 0 Å². The van der Waals surface area contributed by atoms with Gasteiger partial charge in [-0.2, -0.15) is 5.11 Å². The number of carbonyl (C=O) groups is 2. The molecule has 0 aliphatic carbocycles. The van der Waals surface area contributed by atoms with E-state index >= 15 is 0 Å². The number of carbonyl (C=O) groups excluding carboxylic acids is 2. The van der Waals surface area contributed by atoms with Crippen LogP contribution in [-0.2, 0) is 4.79 Å². The number of methoxy groups -OCH3 is 1. The van der Waals surface area contributed by atoms with Crippen LogP contribution in [0.1, 0.15) is 22.0 Å². The number of rotatable bonds is 6. The van der Waals surface area contributed by atoms with Gasteiger partial charge in [0, 0.05) is 12.1 Å². The van der Waals surface area contributed by atoms with Crippen LogP contribution in [0.4, 0.5) is 0 Å². The molecule has 2 aromatic rings. The van der Waals surface area contributed by atoms with Gasteiger partial charge in [-0.25, -0.2) is 0 Å². The molecule has 0 bridgehead atoms. The monoisotopic (exact) mass is 339 g/mol. The van der Waals surface area contributed by atoms with Gasteiger partial charge < -0.3 is 14.8 Å². The van der Waals surface area contributed by atoms with Crippen LogP contribution in [0.3, 0.4) is 0 Å². The molecule has 1 atom stereocenters. The number of benzene rings is 2. The number of fused-ring (bicyclic) bond motifs is 1. The Morgan fingerprint density at radius 1 is 1.12 bits per heavy atom. The van der Waals surface area contributed by atoms with Crippen LogP contribution in [0.25, 0.3) is 0 Å². The van der Waals surface area contributed by atoms with Crippen molar-refractivity contribution in [2.45, 2.75) is 6.04 Å². The minimum atomic E-state index is -0.385. The maximum Gasteiger partial charge on any atom is 0.295 e. The van der Waals surface area contributed by atoms with Gasteiger partial charge in [-0.15, -0.1) is 5.11 Å². The Hall–Kier alpha value is -3.22. The summed E-state index contributed by atoms with van der Waals surface area (Å²) in [5.41, 5.74) is 1.27. The SMILES string of the molecule is COc1ccccc1OCC(=O)NCC1N=NC(=O)c2ccccc21. The van der Waals surface area contributed by atoms with Crippen molar-refractivity contribution in [3.8, 4) is 11.5 Å². The minimum absolute atomic E-state index is 0.148. The Balaban J connectivity index is 1.56. The Bertz CT molecular complexity index is 819. The van der Waals surface area contributed by atoms with Crippen LogP contribution in [0.5, 0.6) is 11.5 Å². The Kier molecular flexibility index (Phi) is 5.03. The zero-order chi connectivity index (χ0) is 17.6. The van der Waals surface area contributed by atoms with E-state index in [9.17, 15) is 9.59 Å². The summed E-state index contributed by atoms with van der Waals surface area (Å²) < 4.78 is 10.6. The molecule has 0 fully saturated rings. The third-order valence-electron chi connectivity index (χ3n) is 3.76. The second-order valence-electron chi connectivity index (χ2n) is 5.37. The smallest absolute Gasteiger partial charge is 0.295 e. The first-order chi connectivity index (χ1) is 12.2. The van der Waals surface area contributed by atoms with E-state index in [1.165, 1.54) is 7.11 Å². The first kappa shape index (κ1) is 16.6. The highest BCUT2D eigenvalue weighted by molar-refractivity contribution is 5.97. The zero-order valence-corrected chi connectivity index (χ0v) is 13.6. The van der Waals surface area contributed by atoms with Crippen molar-refractivity contribution in [2.24, 2.45) is 10.2 Å². The highest BCUT2D eigenvalue weighted by Gasteiger charge is 2.23. The lowest BCUT2D eigenvalue weighted by Gasteiger charge is -2.18. The zero-order valence-electron chi connectivity index (χ0n) is 13.6. The van der Waals surface area contributed by atoms with Crippen LogP contribution >= 0.6 is 0 Å². The molecule has 25 heavy (non-hydrogen) atoms. The average Bonchev–Trinajstić information content (AvgIpc) is 2.66. The lowest BCUT2D eigenvalue weighted by molar-refractivity contribution is -0.123. The van der Waals surface area contributed by atoms with Gasteiger partial charge in [-0.3, -0.25) is 9.59 Å². The molecule has 0 saturated carbocycles. The van der Waals surface area contributed by atoms with Gasteiger partial charge in [0.05, 0.1) is 7.11 Å². The summed E-state index contributed by atoms with van der Waals surface area (Å²) in [5, 5.41) is 10.3. The molecule has 0 saturated heterocycles. The van der Waals surface area contributed by atoms with E-state index in [1.807, 2.05) is 18.2 Å². The highest BCUT2D eigenvalue weighted by atomic mass is 16.5. The topological polar surface area (TPSA) is 89.3 Å². The molecule has 0 radical (unpaired) electrons. The molecule has 7 nitrogen and oxygen atoms in total. The Morgan fingerprint density at radius 3 is 2.64 bits per heavy atom. The summed E-state index contributed by atoms with van der Waals surface area (Å²) in [4.78, 5) is 23.7. The van der Waals surface area contributed by atoms with Gasteiger partial charge in [-0.1, -0.05) is 30.3 Å². The first-order valence-electron chi connectivity index (χ1n) is 7.75. The Labute approximate surface area is 144 Å². The number of amides is 2. The second-order valence-corrected chi connectivity index (χ2v) is 5.37. The molecule has 1 unspecified atom stereocenters. The molecule has 0 aromatic heterocycles. The fraction of sp³-hybridized carbons (Fsp3) is 0.222. The molecule has 0 spiro atoms. The molecule has 1 aliphatic rings. The van der Waals surface area contributed by atoms with Crippen molar-refractivity contribution in [1.82, 2.24) is 5.32 Å². The van der Waals surface area contributed by atoms with E-state index < -0.39 is 0 Å². The van der Waals surface area contributed by atoms with Crippen LogP contribution in [-0.4, -0.2) is 32.1 Å². The van der Waals surface area contributed by atoms with Crippen molar-refractivity contribution in [3.63, 3.8) is 0 Å². The molecule has 1 heterocycles. The summed E-state index contributed by atoms with van der Waals surface area (Å²) >= 11 is 0. The van der Waals surface area contributed by atoms with Crippen LogP contribution < -0.4 is 14.8 Å². The molecular weight excluding hydrogens is 322 g/mol. The van der Waals surface area contributed by atoms with Crippen molar-refractivity contribution in [1.29, 1.82) is 0 Å². The molecule has 1 aliphatic heterocycles. The average molecular weight is 339 g/mol. The Morgan fingerprint density at radius 2 is 1.84 bits per heavy atom. The van der Waals surface area contributed by atoms with Crippen molar-refractivity contribution in [2.75, 3.05) is 20.3 Å². The van der Waals surface area contributed by atoms with E-state index in [1.54, 1.807) is 30.3 Å². The van der Waals surface area contributed by atoms with Crippen molar-refractivity contribution in [3.05, 3.63) is 59.7 Å². The largest absolute Gasteiger partial charge is 0.493 e. The van der Waals surface area contributed by atoms with E-state index in [-0.39, 0.29) is 31.0 Å². The molecule has 3 rings (SSSR count). The summed E-state index contributed by atoms with van der Waals surface area (Å²) in [7, 11) is 1.54. The number of para-hydroxylation sites is 2. The number of azo groups is 1. The maximum absolute atomic E-state index is 12.0.